The number of ether oxygens (including phenoxy) is 2. The highest BCUT2D eigenvalue weighted by molar-refractivity contribution is 5.93. The molecule has 11 rings (SSSR count). The lowest BCUT2D eigenvalue weighted by Crippen LogP contribution is -2.59. The third kappa shape index (κ3) is 4.17. The van der Waals surface area contributed by atoms with Crippen molar-refractivity contribution in [2.24, 2.45) is 4.99 Å². The van der Waals surface area contributed by atoms with Crippen molar-refractivity contribution in [3.05, 3.63) is 219 Å². The second-order valence-corrected chi connectivity index (χ2v) is 15.7. The molecule has 6 heteroatoms. The van der Waals surface area contributed by atoms with Crippen LogP contribution in [0.25, 0.3) is 11.3 Å². The SMILES string of the molecule is CN1c2ccccc2C(C)(C)C12C=NC1=C(O2)C2=CC=C3C4=C(C=CC(c5ccc(F)cc5)(c5ccc(F)cc5)O4)c4ccccc4C3C2c2ccccc21. The van der Waals surface area contributed by atoms with Gasteiger partial charge in [-0.3, -0.25) is 4.99 Å². The maximum absolute atomic E-state index is 14.4. The zero-order chi connectivity index (χ0) is 37.3. The van der Waals surface area contributed by atoms with Gasteiger partial charge in [0, 0.05) is 58.0 Å². The summed E-state index contributed by atoms with van der Waals surface area (Å²) in [6.07, 6.45) is 10.5. The van der Waals surface area contributed by atoms with Gasteiger partial charge in [-0.15, -0.1) is 0 Å². The third-order valence-electron chi connectivity index (χ3n) is 12.8. The number of hydrogen-bond acceptors (Lipinski definition) is 4. The summed E-state index contributed by atoms with van der Waals surface area (Å²) in [6.45, 7) is 4.48. The zero-order valence-corrected chi connectivity index (χ0v) is 30.6. The van der Waals surface area contributed by atoms with Crippen molar-refractivity contribution in [1.82, 2.24) is 0 Å². The van der Waals surface area contributed by atoms with Crippen molar-refractivity contribution in [2.45, 2.75) is 42.4 Å². The molecule has 0 saturated heterocycles. The molecule has 4 nitrogen and oxygen atoms in total. The first-order chi connectivity index (χ1) is 26.7. The fraction of sp³-hybridized carbons (Fsp3) is 0.163. The Morgan fingerprint density at radius 2 is 1.20 bits per heavy atom. The Kier molecular flexibility index (Phi) is 6.52. The summed E-state index contributed by atoms with van der Waals surface area (Å²) >= 11 is 0. The van der Waals surface area contributed by atoms with Crippen LogP contribution in [0.4, 0.5) is 14.5 Å². The first-order valence-electron chi connectivity index (χ1n) is 18.8. The molecule has 1 spiro atoms. The lowest BCUT2D eigenvalue weighted by atomic mass is 9.62. The molecule has 3 unspecified atom stereocenters. The summed E-state index contributed by atoms with van der Waals surface area (Å²) < 4.78 is 43.5. The molecule has 0 radical (unpaired) electrons. The second-order valence-electron chi connectivity index (χ2n) is 15.7. The molecule has 0 N–H and O–H groups in total. The highest BCUT2D eigenvalue weighted by atomic mass is 19.1. The quantitative estimate of drug-likeness (QED) is 0.182. The number of hydrogen-bond donors (Lipinski definition) is 0. The Morgan fingerprint density at radius 1 is 0.636 bits per heavy atom. The first kappa shape index (κ1) is 32.2. The van der Waals surface area contributed by atoms with Gasteiger partial charge in [0.25, 0.3) is 0 Å². The van der Waals surface area contributed by atoms with Gasteiger partial charge < -0.3 is 14.4 Å². The average molecular weight is 723 g/mol. The van der Waals surface area contributed by atoms with E-state index in [4.69, 9.17) is 14.5 Å². The summed E-state index contributed by atoms with van der Waals surface area (Å²) in [4.78, 5) is 7.52. The van der Waals surface area contributed by atoms with Gasteiger partial charge in [0.15, 0.2) is 11.4 Å². The van der Waals surface area contributed by atoms with Crippen LogP contribution in [0.15, 0.2) is 173 Å². The number of nitrogens with zero attached hydrogens (tertiary/aromatic N) is 2. The fourth-order valence-corrected chi connectivity index (χ4v) is 10.1. The number of halogens is 2. The first-order valence-corrected chi connectivity index (χ1v) is 18.8. The number of fused-ring (bicyclic) bond motifs is 12. The van der Waals surface area contributed by atoms with E-state index in [1.807, 2.05) is 12.3 Å². The number of para-hydroxylation sites is 1. The van der Waals surface area contributed by atoms with Gasteiger partial charge >= 0.3 is 0 Å². The Morgan fingerprint density at radius 3 is 1.85 bits per heavy atom. The van der Waals surface area contributed by atoms with Crippen LogP contribution in [0.1, 0.15) is 64.6 Å². The molecule has 5 aromatic carbocycles. The van der Waals surface area contributed by atoms with E-state index in [9.17, 15) is 8.78 Å². The van der Waals surface area contributed by atoms with Crippen LogP contribution in [-0.4, -0.2) is 19.0 Å². The predicted molar refractivity (Wildman–Crippen MR) is 212 cm³/mol. The third-order valence-corrected chi connectivity index (χ3v) is 12.8. The molecule has 0 amide bonds. The molecule has 5 aromatic rings. The van der Waals surface area contributed by atoms with Crippen LogP contribution in [-0.2, 0) is 20.5 Å². The molecule has 6 aliphatic rings. The second kappa shape index (κ2) is 11.1. The van der Waals surface area contributed by atoms with Crippen molar-refractivity contribution in [3.8, 4) is 0 Å². The predicted octanol–water partition coefficient (Wildman–Crippen LogP) is 10.9. The minimum absolute atomic E-state index is 0.117. The average Bonchev–Trinajstić information content (AvgIpc) is 3.38. The highest BCUT2D eigenvalue weighted by Gasteiger charge is 2.60. The van der Waals surface area contributed by atoms with E-state index in [0.717, 1.165) is 61.9 Å². The Hall–Kier alpha value is -6.27. The summed E-state index contributed by atoms with van der Waals surface area (Å²) in [5, 5.41) is 0. The molecule has 55 heavy (non-hydrogen) atoms. The Bertz CT molecular complexity index is 2630. The van der Waals surface area contributed by atoms with Crippen LogP contribution in [0, 0.1) is 11.6 Å². The van der Waals surface area contributed by atoms with E-state index in [1.54, 1.807) is 24.3 Å². The molecule has 0 bridgehead atoms. The topological polar surface area (TPSA) is 34.1 Å². The van der Waals surface area contributed by atoms with Gasteiger partial charge in [-0.1, -0.05) is 103 Å². The van der Waals surface area contributed by atoms with Gasteiger partial charge in [0.2, 0.25) is 5.72 Å². The van der Waals surface area contributed by atoms with Crippen LogP contribution in [0.3, 0.4) is 0 Å². The van der Waals surface area contributed by atoms with E-state index < -0.39 is 16.7 Å². The molecular formula is C49H36F2N2O2. The van der Waals surface area contributed by atoms with E-state index in [-0.39, 0.29) is 23.5 Å². The largest absolute Gasteiger partial charge is 0.473 e. The summed E-state index contributed by atoms with van der Waals surface area (Å²) in [5.41, 5.74) is 9.89. The summed E-state index contributed by atoms with van der Waals surface area (Å²) in [5.74, 6) is 0.616. The molecule has 0 saturated carbocycles. The van der Waals surface area contributed by atoms with Crippen molar-refractivity contribution < 1.29 is 18.3 Å². The molecule has 0 aromatic heterocycles. The normalized spacial score (nSPS) is 24.3. The molecule has 268 valence electrons. The Balaban J connectivity index is 1.11. The number of rotatable bonds is 2. The fourth-order valence-electron chi connectivity index (χ4n) is 10.1. The van der Waals surface area contributed by atoms with Crippen molar-refractivity contribution in [3.63, 3.8) is 0 Å². The number of anilines is 1. The molecular weight excluding hydrogens is 687 g/mol. The number of aliphatic imine (C=N–C) groups is 1. The van der Waals surface area contributed by atoms with Gasteiger partial charge in [0.1, 0.15) is 23.1 Å². The van der Waals surface area contributed by atoms with Crippen molar-refractivity contribution in [2.75, 3.05) is 11.9 Å². The van der Waals surface area contributed by atoms with Crippen LogP contribution >= 0.6 is 0 Å². The minimum atomic E-state index is -1.14. The number of benzene rings is 5. The summed E-state index contributed by atoms with van der Waals surface area (Å²) in [7, 11) is 2.10. The Labute approximate surface area is 318 Å². The van der Waals surface area contributed by atoms with E-state index in [1.165, 1.54) is 41.0 Å². The lowest BCUT2D eigenvalue weighted by Gasteiger charge is -2.49. The van der Waals surface area contributed by atoms with Gasteiger partial charge in [-0.2, -0.15) is 0 Å². The van der Waals surface area contributed by atoms with Crippen LogP contribution < -0.4 is 4.90 Å². The van der Waals surface area contributed by atoms with E-state index in [2.05, 4.69) is 117 Å². The minimum Gasteiger partial charge on any atom is -0.473 e. The van der Waals surface area contributed by atoms with Crippen molar-refractivity contribution in [1.29, 1.82) is 0 Å². The molecule has 3 heterocycles. The van der Waals surface area contributed by atoms with Gasteiger partial charge in [-0.05, 0) is 78.6 Å². The summed E-state index contributed by atoms with van der Waals surface area (Å²) in [6, 6.07) is 38.4. The lowest BCUT2D eigenvalue weighted by molar-refractivity contribution is 0.0203. The molecule has 0 fully saturated rings. The van der Waals surface area contributed by atoms with Crippen LogP contribution in [0.2, 0.25) is 0 Å². The molecule has 3 atom stereocenters. The molecule has 3 aliphatic heterocycles. The number of allylic oxidation sites excluding steroid dienone is 6. The van der Waals surface area contributed by atoms with Crippen molar-refractivity contribution >= 4 is 23.2 Å². The smallest absolute Gasteiger partial charge is 0.228 e. The van der Waals surface area contributed by atoms with Gasteiger partial charge in [0.05, 0.1) is 11.6 Å². The number of likely N-dealkylation sites (N-methyl/N-ethyl adjacent to an activating group) is 1. The molecule has 3 aliphatic carbocycles. The standard InChI is InChI=1S/C49H36F2N2O2/c1-47(2)40-14-8-9-15-41(40)53(3)49(47)28-52-44-36-13-7-6-12-35(36)43-39(46(44)55-49)25-24-38-42(43)34-11-5-4-10-33(34)37-26-27-48(54-45(37)38,29-16-20-31(50)21-17-29)30-18-22-32(51)23-19-30/h4-28,42-43H,1-3H3. The van der Waals surface area contributed by atoms with E-state index in [0.29, 0.717) is 0 Å². The monoisotopic (exact) mass is 722 g/mol. The van der Waals surface area contributed by atoms with Gasteiger partial charge in [-0.25, -0.2) is 8.78 Å². The maximum atomic E-state index is 14.4. The zero-order valence-electron chi connectivity index (χ0n) is 30.6. The van der Waals surface area contributed by atoms with E-state index >= 15 is 0 Å². The highest BCUT2D eigenvalue weighted by Crippen LogP contribution is 2.62. The maximum Gasteiger partial charge on any atom is 0.228 e. The van der Waals surface area contributed by atoms with Crippen LogP contribution in [0.5, 0.6) is 0 Å².